The van der Waals surface area contributed by atoms with Crippen molar-refractivity contribution in [1.82, 2.24) is 0 Å². The van der Waals surface area contributed by atoms with Gasteiger partial charge >= 0.3 is 0 Å². The summed E-state index contributed by atoms with van der Waals surface area (Å²) in [7, 11) is 0. The van der Waals surface area contributed by atoms with Gasteiger partial charge in [0, 0.05) is 11.0 Å². The van der Waals surface area contributed by atoms with Crippen LogP contribution in [0.5, 0.6) is 0 Å². The Labute approximate surface area is 178 Å². The summed E-state index contributed by atoms with van der Waals surface area (Å²) < 4.78 is 0. The van der Waals surface area contributed by atoms with Crippen molar-refractivity contribution in [1.29, 1.82) is 0 Å². The Bertz CT molecular complexity index is 1160. The summed E-state index contributed by atoms with van der Waals surface area (Å²) in [5, 5.41) is 13.2. The molecule has 0 radical (unpaired) electrons. The maximum Gasteiger partial charge on any atom is 0.109 e. The molecular weight excluding hydrogens is 366 g/mol. The Hall–Kier alpha value is -3.39. The van der Waals surface area contributed by atoms with Crippen LogP contribution in [0.2, 0.25) is 0 Å². The van der Waals surface area contributed by atoms with E-state index in [1.165, 1.54) is 33.4 Å². The van der Waals surface area contributed by atoms with Gasteiger partial charge in [-0.3, -0.25) is 0 Å². The molecule has 30 heavy (non-hydrogen) atoms. The Morgan fingerprint density at radius 2 is 1.50 bits per heavy atom. The first-order valence-electron chi connectivity index (χ1n) is 10.3. The van der Waals surface area contributed by atoms with Crippen LogP contribution in [0.4, 0.5) is 0 Å². The summed E-state index contributed by atoms with van der Waals surface area (Å²) in [4.78, 5) is 0. The minimum Gasteiger partial charge on any atom is -0.410 e. The van der Waals surface area contributed by atoms with Crippen LogP contribution in [-0.2, 0) is 5.41 Å². The smallest absolute Gasteiger partial charge is 0.109 e. The SMILES string of the molecule is Cc1ccc(/C=C/C(=N\O)c2ccc3c(c2)C(C)(C)C=C3c2ccc(C)cc2)cc1. The molecule has 3 aromatic carbocycles. The van der Waals surface area contributed by atoms with E-state index in [0.29, 0.717) is 5.71 Å². The van der Waals surface area contributed by atoms with E-state index in [1.807, 2.05) is 18.2 Å². The summed E-state index contributed by atoms with van der Waals surface area (Å²) in [5.41, 5.74) is 9.92. The van der Waals surface area contributed by atoms with Gasteiger partial charge in [0.15, 0.2) is 0 Å². The van der Waals surface area contributed by atoms with Crippen LogP contribution in [0.15, 0.2) is 84.0 Å². The number of nitrogens with zero attached hydrogens (tertiary/aromatic N) is 1. The number of allylic oxidation sites excluding steroid dienone is 2. The zero-order chi connectivity index (χ0) is 21.3. The molecule has 1 N–H and O–H groups in total. The van der Waals surface area contributed by atoms with E-state index >= 15 is 0 Å². The molecule has 0 aromatic heterocycles. The van der Waals surface area contributed by atoms with Crippen molar-refractivity contribution in [3.63, 3.8) is 0 Å². The maximum absolute atomic E-state index is 9.66. The van der Waals surface area contributed by atoms with Gasteiger partial charge in [-0.05, 0) is 53.8 Å². The average Bonchev–Trinajstić information content (AvgIpc) is 3.01. The number of benzene rings is 3. The van der Waals surface area contributed by atoms with Gasteiger partial charge in [-0.15, -0.1) is 0 Å². The molecule has 1 aliphatic rings. The van der Waals surface area contributed by atoms with Gasteiger partial charge in [0.2, 0.25) is 0 Å². The van der Waals surface area contributed by atoms with Crippen molar-refractivity contribution >= 4 is 17.4 Å². The third-order valence-electron chi connectivity index (χ3n) is 5.79. The van der Waals surface area contributed by atoms with Crippen LogP contribution in [0.1, 0.15) is 52.8 Å². The van der Waals surface area contributed by atoms with E-state index in [0.717, 1.165) is 11.1 Å². The number of fused-ring (bicyclic) bond motifs is 1. The highest BCUT2D eigenvalue weighted by atomic mass is 16.4. The molecule has 0 amide bonds. The van der Waals surface area contributed by atoms with Crippen molar-refractivity contribution in [3.8, 4) is 0 Å². The average molecular weight is 394 g/mol. The first-order valence-corrected chi connectivity index (χ1v) is 10.3. The standard InChI is InChI=1S/C28H27NO/c1-19-5-9-21(10-6-19)11-16-27(29-30)23-14-15-24-25(18-28(3,4)26(24)17-23)22-12-7-20(2)8-13-22/h5-18,30H,1-4H3/b16-11+,29-27+. The molecule has 0 heterocycles. The van der Waals surface area contributed by atoms with E-state index in [-0.39, 0.29) is 5.41 Å². The van der Waals surface area contributed by atoms with Crippen LogP contribution < -0.4 is 0 Å². The van der Waals surface area contributed by atoms with Gasteiger partial charge in [0.05, 0.1) is 0 Å². The molecule has 0 unspecified atom stereocenters. The Morgan fingerprint density at radius 1 is 0.867 bits per heavy atom. The second kappa shape index (κ2) is 7.79. The molecule has 0 atom stereocenters. The van der Waals surface area contributed by atoms with E-state index in [2.05, 4.69) is 99.6 Å². The third-order valence-corrected chi connectivity index (χ3v) is 5.79. The van der Waals surface area contributed by atoms with Crippen molar-refractivity contribution < 1.29 is 5.21 Å². The summed E-state index contributed by atoms with van der Waals surface area (Å²) in [6, 6.07) is 23.3. The van der Waals surface area contributed by atoms with Gasteiger partial charge in [0.1, 0.15) is 5.71 Å². The molecule has 150 valence electrons. The summed E-state index contributed by atoms with van der Waals surface area (Å²) in [6.07, 6.45) is 6.18. The number of aryl methyl sites for hydroxylation is 2. The Kier molecular flexibility index (Phi) is 5.17. The van der Waals surface area contributed by atoms with Crippen molar-refractivity contribution in [2.75, 3.05) is 0 Å². The van der Waals surface area contributed by atoms with Crippen LogP contribution in [-0.4, -0.2) is 10.9 Å². The van der Waals surface area contributed by atoms with Gasteiger partial charge in [-0.1, -0.05) is 103 Å². The number of oxime groups is 1. The molecule has 0 spiro atoms. The molecule has 0 saturated heterocycles. The fourth-order valence-electron chi connectivity index (χ4n) is 4.00. The van der Waals surface area contributed by atoms with Gasteiger partial charge in [-0.2, -0.15) is 0 Å². The molecular formula is C28H27NO. The highest BCUT2D eigenvalue weighted by Crippen LogP contribution is 2.43. The van der Waals surface area contributed by atoms with E-state index in [1.54, 1.807) is 0 Å². The predicted molar refractivity (Wildman–Crippen MR) is 126 cm³/mol. The van der Waals surface area contributed by atoms with E-state index in [4.69, 9.17) is 0 Å². The molecule has 2 heteroatoms. The third kappa shape index (κ3) is 3.86. The molecule has 0 fully saturated rings. The zero-order valence-corrected chi connectivity index (χ0v) is 18.0. The molecule has 0 aliphatic heterocycles. The molecule has 1 aliphatic carbocycles. The van der Waals surface area contributed by atoms with E-state index < -0.39 is 0 Å². The predicted octanol–water partition coefficient (Wildman–Crippen LogP) is 6.92. The fourth-order valence-corrected chi connectivity index (χ4v) is 4.00. The summed E-state index contributed by atoms with van der Waals surface area (Å²) >= 11 is 0. The lowest BCUT2D eigenvalue weighted by molar-refractivity contribution is 0.320. The summed E-state index contributed by atoms with van der Waals surface area (Å²) in [6.45, 7) is 8.64. The minimum absolute atomic E-state index is 0.0905. The van der Waals surface area contributed by atoms with Crippen molar-refractivity contribution in [3.05, 3.63) is 118 Å². The van der Waals surface area contributed by atoms with Crippen molar-refractivity contribution in [2.24, 2.45) is 5.16 Å². The van der Waals surface area contributed by atoms with E-state index in [9.17, 15) is 5.21 Å². The van der Waals surface area contributed by atoms with Crippen LogP contribution in [0.25, 0.3) is 11.6 Å². The maximum atomic E-state index is 9.66. The second-order valence-corrected chi connectivity index (χ2v) is 8.64. The van der Waals surface area contributed by atoms with Gasteiger partial charge in [0.25, 0.3) is 0 Å². The normalized spacial score (nSPS) is 15.3. The lowest BCUT2D eigenvalue weighted by atomic mass is 9.85. The fraction of sp³-hybridized carbons (Fsp3) is 0.179. The van der Waals surface area contributed by atoms with Gasteiger partial charge < -0.3 is 5.21 Å². The second-order valence-electron chi connectivity index (χ2n) is 8.64. The Morgan fingerprint density at radius 3 is 2.13 bits per heavy atom. The number of rotatable bonds is 4. The molecule has 3 aromatic rings. The Balaban J connectivity index is 1.68. The topological polar surface area (TPSA) is 32.6 Å². The summed E-state index contributed by atoms with van der Waals surface area (Å²) in [5.74, 6) is 0. The first-order chi connectivity index (χ1) is 14.4. The lowest BCUT2D eigenvalue weighted by Crippen LogP contribution is -2.12. The van der Waals surface area contributed by atoms with Crippen LogP contribution in [0, 0.1) is 13.8 Å². The zero-order valence-electron chi connectivity index (χ0n) is 18.0. The number of hydrogen-bond acceptors (Lipinski definition) is 2. The first kappa shape index (κ1) is 19.9. The van der Waals surface area contributed by atoms with Crippen molar-refractivity contribution in [2.45, 2.75) is 33.1 Å². The highest BCUT2D eigenvalue weighted by molar-refractivity contribution is 6.11. The monoisotopic (exact) mass is 393 g/mol. The molecule has 0 bridgehead atoms. The van der Waals surface area contributed by atoms with Gasteiger partial charge in [-0.25, -0.2) is 0 Å². The molecule has 4 rings (SSSR count). The van der Waals surface area contributed by atoms with Crippen LogP contribution in [0.3, 0.4) is 0 Å². The molecule has 0 saturated carbocycles. The quantitative estimate of drug-likeness (QED) is 0.291. The highest BCUT2D eigenvalue weighted by Gasteiger charge is 2.30. The largest absolute Gasteiger partial charge is 0.410 e. The van der Waals surface area contributed by atoms with Crippen LogP contribution >= 0.6 is 0 Å². The minimum atomic E-state index is -0.0905. The molecule has 2 nitrogen and oxygen atoms in total. The lowest BCUT2D eigenvalue weighted by Gasteiger charge is -2.18. The number of hydrogen-bond donors (Lipinski definition) is 1.